The second-order valence-electron chi connectivity index (χ2n) is 8.15. The maximum Gasteiger partial charge on any atom is 0.294 e. The number of carbonyl (C=O) groups is 1. The fraction of sp³-hybridized carbons (Fsp3) is 0.524. The van der Waals surface area contributed by atoms with Gasteiger partial charge in [0.25, 0.3) is 5.69 Å². The third-order valence-corrected chi connectivity index (χ3v) is 5.65. The van der Waals surface area contributed by atoms with Gasteiger partial charge in [-0.2, -0.15) is 15.0 Å². The van der Waals surface area contributed by atoms with E-state index in [0.717, 1.165) is 51.9 Å². The molecule has 0 spiro atoms. The largest absolute Gasteiger partial charge is 0.341 e. The van der Waals surface area contributed by atoms with Gasteiger partial charge in [0, 0.05) is 44.9 Å². The average Bonchev–Trinajstić information content (AvgIpc) is 2.80. The molecule has 2 aromatic rings. The van der Waals surface area contributed by atoms with Crippen molar-refractivity contribution in [2.75, 3.05) is 46.6 Å². The lowest BCUT2D eigenvalue weighted by atomic mass is 10.1. The van der Waals surface area contributed by atoms with Crippen molar-refractivity contribution >= 4 is 40.8 Å². The second kappa shape index (κ2) is 9.75. The lowest BCUT2D eigenvalue weighted by Crippen LogP contribution is -2.34. The fourth-order valence-corrected chi connectivity index (χ4v) is 4.07. The maximum atomic E-state index is 11.5. The van der Waals surface area contributed by atoms with E-state index in [-0.39, 0.29) is 17.3 Å². The Hall–Kier alpha value is -3.50. The van der Waals surface area contributed by atoms with Gasteiger partial charge in [-0.05, 0) is 50.7 Å². The van der Waals surface area contributed by atoms with Crippen molar-refractivity contribution in [2.24, 2.45) is 0 Å². The van der Waals surface area contributed by atoms with Gasteiger partial charge < -0.3 is 20.4 Å². The van der Waals surface area contributed by atoms with Crippen LogP contribution in [-0.4, -0.2) is 52.0 Å². The molecule has 0 atom stereocenters. The first-order valence-corrected chi connectivity index (χ1v) is 11.1. The predicted molar refractivity (Wildman–Crippen MR) is 123 cm³/mol. The summed E-state index contributed by atoms with van der Waals surface area (Å²) < 4.78 is 0. The van der Waals surface area contributed by atoms with Crippen molar-refractivity contribution in [2.45, 2.75) is 45.4 Å². The quantitative estimate of drug-likeness (QED) is 0.512. The van der Waals surface area contributed by atoms with Gasteiger partial charge in [0.05, 0.1) is 4.92 Å². The molecule has 4 rings (SSSR count). The highest BCUT2D eigenvalue weighted by molar-refractivity contribution is 5.92. The van der Waals surface area contributed by atoms with Gasteiger partial charge in [0.1, 0.15) is 5.69 Å². The Morgan fingerprint density at radius 1 is 0.938 bits per heavy atom. The number of anilines is 5. The molecule has 11 nitrogen and oxygen atoms in total. The first-order chi connectivity index (χ1) is 15.5. The third kappa shape index (κ3) is 5.21. The number of aromatic nitrogens is 3. The molecule has 0 radical (unpaired) electrons. The Morgan fingerprint density at radius 3 is 2.00 bits per heavy atom. The van der Waals surface area contributed by atoms with E-state index in [4.69, 9.17) is 4.98 Å². The predicted octanol–water partition coefficient (Wildman–Crippen LogP) is 3.46. The summed E-state index contributed by atoms with van der Waals surface area (Å²) in [6.45, 7) is 4.92. The summed E-state index contributed by atoms with van der Waals surface area (Å²) in [6.07, 6.45) is 6.81. The highest BCUT2D eigenvalue weighted by Crippen LogP contribution is 2.30. The molecule has 3 heterocycles. The third-order valence-electron chi connectivity index (χ3n) is 5.65. The van der Waals surface area contributed by atoms with E-state index < -0.39 is 4.92 Å². The first kappa shape index (κ1) is 21.7. The van der Waals surface area contributed by atoms with Crippen molar-refractivity contribution in [1.82, 2.24) is 15.0 Å². The minimum absolute atomic E-state index is 0.145. The van der Waals surface area contributed by atoms with Crippen LogP contribution in [-0.2, 0) is 4.79 Å². The molecule has 2 fully saturated rings. The average molecular weight is 441 g/mol. The second-order valence-corrected chi connectivity index (χ2v) is 8.15. The monoisotopic (exact) mass is 440 g/mol. The van der Waals surface area contributed by atoms with Gasteiger partial charge in [0.2, 0.25) is 23.8 Å². The number of nitrogens with one attached hydrogen (secondary N) is 2. The van der Waals surface area contributed by atoms with E-state index in [9.17, 15) is 14.9 Å². The molecule has 1 amide bonds. The van der Waals surface area contributed by atoms with Gasteiger partial charge in [-0.25, -0.2) is 0 Å². The number of nitrogens with zero attached hydrogens (tertiary/aromatic N) is 6. The van der Waals surface area contributed by atoms with Crippen molar-refractivity contribution in [1.29, 1.82) is 0 Å². The number of piperidine rings is 2. The molecule has 0 bridgehead atoms. The zero-order valence-electron chi connectivity index (χ0n) is 18.2. The van der Waals surface area contributed by atoms with E-state index in [2.05, 4.69) is 30.4 Å². The van der Waals surface area contributed by atoms with Crippen LogP contribution in [0, 0.1) is 10.1 Å². The number of carbonyl (C=O) groups excluding carboxylic acids is 1. The molecule has 170 valence electrons. The Bertz CT molecular complexity index is 951. The topological polar surface area (TPSA) is 129 Å². The molecule has 2 aliphatic heterocycles. The molecule has 2 aliphatic rings. The number of hydrogen-bond donors (Lipinski definition) is 2. The van der Waals surface area contributed by atoms with Crippen molar-refractivity contribution < 1.29 is 9.72 Å². The van der Waals surface area contributed by atoms with Crippen LogP contribution >= 0.6 is 0 Å². The Balaban J connectivity index is 1.65. The summed E-state index contributed by atoms with van der Waals surface area (Å²) in [4.78, 5) is 40.7. The van der Waals surface area contributed by atoms with Crippen LogP contribution in [0.1, 0.15) is 45.4 Å². The van der Waals surface area contributed by atoms with E-state index in [1.807, 2.05) is 0 Å². The highest BCUT2D eigenvalue weighted by Gasteiger charge is 2.21. The first-order valence-electron chi connectivity index (χ1n) is 11.1. The zero-order chi connectivity index (χ0) is 22.5. The van der Waals surface area contributed by atoms with Crippen LogP contribution in [0.3, 0.4) is 0 Å². The van der Waals surface area contributed by atoms with Gasteiger partial charge in [-0.1, -0.05) is 0 Å². The molecule has 1 aromatic heterocycles. The van der Waals surface area contributed by atoms with E-state index in [1.165, 1.54) is 31.9 Å². The smallest absolute Gasteiger partial charge is 0.294 e. The summed E-state index contributed by atoms with van der Waals surface area (Å²) in [5, 5.41) is 17.1. The number of nitro groups is 1. The summed E-state index contributed by atoms with van der Waals surface area (Å²) in [6, 6.07) is 4.53. The minimum Gasteiger partial charge on any atom is -0.341 e. The van der Waals surface area contributed by atoms with Gasteiger partial charge in [-0.15, -0.1) is 0 Å². The van der Waals surface area contributed by atoms with E-state index in [0.29, 0.717) is 23.5 Å². The molecule has 0 aliphatic carbocycles. The number of nitro benzene ring substituents is 1. The van der Waals surface area contributed by atoms with Crippen LogP contribution in [0.2, 0.25) is 0 Å². The van der Waals surface area contributed by atoms with Gasteiger partial charge >= 0.3 is 0 Å². The zero-order valence-corrected chi connectivity index (χ0v) is 18.2. The molecule has 32 heavy (non-hydrogen) atoms. The van der Waals surface area contributed by atoms with Crippen molar-refractivity contribution in [3.8, 4) is 0 Å². The SMILES string of the molecule is CC(=O)Nc1ccc(Nc2nc(N3CCCCC3)nc(N3CCCCC3)n2)cc1[N+](=O)[O-]. The minimum atomic E-state index is -0.526. The molecule has 1 aromatic carbocycles. The van der Waals surface area contributed by atoms with Crippen molar-refractivity contribution in [3.05, 3.63) is 28.3 Å². The number of rotatable bonds is 6. The number of benzene rings is 1. The lowest BCUT2D eigenvalue weighted by Gasteiger charge is -2.30. The molecule has 2 saturated heterocycles. The summed E-state index contributed by atoms with van der Waals surface area (Å²) in [7, 11) is 0. The Kier molecular flexibility index (Phi) is 6.62. The number of amides is 1. The summed E-state index contributed by atoms with van der Waals surface area (Å²) >= 11 is 0. The summed E-state index contributed by atoms with van der Waals surface area (Å²) in [5.74, 6) is 1.24. The van der Waals surface area contributed by atoms with Crippen LogP contribution in [0.15, 0.2) is 18.2 Å². The molecular weight excluding hydrogens is 412 g/mol. The van der Waals surface area contributed by atoms with Crippen LogP contribution in [0.5, 0.6) is 0 Å². The Morgan fingerprint density at radius 2 is 1.50 bits per heavy atom. The van der Waals surface area contributed by atoms with Crippen LogP contribution in [0.25, 0.3) is 0 Å². The standard InChI is InChI=1S/C21H28N8O3/c1-15(30)22-17-9-8-16(14-18(17)29(31)32)23-19-24-20(27-10-4-2-5-11-27)26-21(25-19)28-12-6-3-7-13-28/h8-9,14H,2-7,10-13H2,1H3,(H,22,30)(H,23,24,25,26). The van der Waals surface area contributed by atoms with E-state index in [1.54, 1.807) is 6.07 Å². The molecule has 2 N–H and O–H groups in total. The molecule has 11 heteroatoms. The molecule has 0 saturated carbocycles. The summed E-state index contributed by atoms with van der Waals surface area (Å²) in [5.41, 5.74) is 0.407. The Labute approximate surface area is 186 Å². The lowest BCUT2D eigenvalue weighted by molar-refractivity contribution is -0.383. The number of hydrogen-bond acceptors (Lipinski definition) is 9. The fourth-order valence-electron chi connectivity index (χ4n) is 4.07. The normalized spacial score (nSPS) is 16.5. The molecular formula is C21H28N8O3. The van der Waals surface area contributed by atoms with E-state index >= 15 is 0 Å². The van der Waals surface area contributed by atoms with Gasteiger partial charge in [-0.3, -0.25) is 14.9 Å². The van der Waals surface area contributed by atoms with Gasteiger partial charge in [0.15, 0.2) is 0 Å². The van der Waals surface area contributed by atoms with Crippen LogP contribution < -0.4 is 20.4 Å². The van der Waals surface area contributed by atoms with Crippen LogP contribution in [0.4, 0.5) is 34.9 Å². The maximum absolute atomic E-state index is 11.5. The highest BCUT2D eigenvalue weighted by atomic mass is 16.6. The molecule has 0 unspecified atom stereocenters. The van der Waals surface area contributed by atoms with Crippen molar-refractivity contribution in [3.63, 3.8) is 0 Å².